The summed E-state index contributed by atoms with van der Waals surface area (Å²) in [6, 6.07) is 9.44. The van der Waals surface area contributed by atoms with Crippen LogP contribution in [0.25, 0.3) is 0 Å². The first-order chi connectivity index (χ1) is 9.14. The zero-order valence-electron chi connectivity index (χ0n) is 11.3. The Morgan fingerprint density at radius 1 is 1.42 bits per heavy atom. The van der Waals surface area contributed by atoms with Crippen LogP contribution in [0.15, 0.2) is 30.3 Å². The van der Waals surface area contributed by atoms with Gasteiger partial charge in [-0.15, -0.1) is 0 Å². The van der Waals surface area contributed by atoms with Crippen molar-refractivity contribution in [3.05, 3.63) is 30.3 Å². The molecule has 1 aromatic carbocycles. The number of amides is 1. The summed E-state index contributed by atoms with van der Waals surface area (Å²) in [5, 5.41) is 12.8. The molecule has 4 nitrogen and oxygen atoms in total. The second-order valence-corrected chi connectivity index (χ2v) is 5.09. The van der Waals surface area contributed by atoms with E-state index in [4.69, 9.17) is 4.74 Å². The van der Waals surface area contributed by atoms with Gasteiger partial charge in [-0.25, -0.2) is 0 Å². The maximum atomic E-state index is 11.9. The molecule has 0 bridgehead atoms. The number of benzene rings is 1. The van der Waals surface area contributed by atoms with Gasteiger partial charge in [0, 0.05) is 0 Å². The van der Waals surface area contributed by atoms with Crippen molar-refractivity contribution in [1.82, 2.24) is 5.32 Å². The average Bonchev–Trinajstić information content (AvgIpc) is 2.41. The van der Waals surface area contributed by atoms with Gasteiger partial charge in [-0.2, -0.15) is 0 Å². The van der Waals surface area contributed by atoms with Gasteiger partial charge in [0.2, 0.25) is 0 Å². The van der Waals surface area contributed by atoms with Gasteiger partial charge in [-0.3, -0.25) is 4.79 Å². The van der Waals surface area contributed by atoms with E-state index >= 15 is 0 Å². The lowest BCUT2D eigenvalue weighted by atomic mass is 9.79. The van der Waals surface area contributed by atoms with Gasteiger partial charge in [-0.05, 0) is 37.8 Å². The lowest BCUT2D eigenvalue weighted by Crippen LogP contribution is -2.55. The summed E-state index contributed by atoms with van der Waals surface area (Å²) < 4.78 is 5.63. The minimum atomic E-state index is -1.14. The molecule has 1 amide bonds. The van der Waals surface area contributed by atoms with E-state index in [9.17, 15) is 9.90 Å². The maximum Gasteiger partial charge on any atom is 0.252 e. The first kappa shape index (κ1) is 13.9. The zero-order valence-corrected chi connectivity index (χ0v) is 11.3. The van der Waals surface area contributed by atoms with Gasteiger partial charge >= 0.3 is 0 Å². The van der Waals surface area contributed by atoms with Crippen molar-refractivity contribution in [1.29, 1.82) is 0 Å². The summed E-state index contributed by atoms with van der Waals surface area (Å²) in [7, 11) is 0. The molecule has 0 spiro atoms. The van der Waals surface area contributed by atoms with Crippen LogP contribution in [0.3, 0.4) is 0 Å². The van der Waals surface area contributed by atoms with Crippen LogP contribution in [0.1, 0.15) is 32.6 Å². The van der Waals surface area contributed by atoms with E-state index in [1.807, 2.05) is 37.3 Å². The number of nitrogens with one attached hydrogen (secondary N) is 1. The number of ether oxygens (including phenoxy) is 1. The number of rotatable bonds is 6. The standard InChI is InChI=1S/C15H21NO3/c1-2-12(11-19-13-7-4-3-5-8-13)16-14(17)15(18)9-6-10-15/h3-5,7-8,12,18H,2,6,9-11H2,1H3,(H,16,17)/t12-/m1/s1. The van der Waals surface area contributed by atoms with Crippen LogP contribution in [0.5, 0.6) is 5.75 Å². The molecule has 2 rings (SSSR count). The van der Waals surface area contributed by atoms with Crippen LogP contribution in [0, 0.1) is 0 Å². The number of carbonyl (C=O) groups is 1. The summed E-state index contributed by atoms with van der Waals surface area (Å²) in [4.78, 5) is 11.9. The molecule has 104 valence electrons. The first-order valence-electron chi connectivity index (χ1n) is 6.85. The third kappa shape index (κ3) is 3.47. The second kappa shape index (κ2) is 6.06. The van der Waals surface area contributed by atoms with Crippen molar-refractivity contribution in [2.45, 2.75) is 44.2 Å². The molecular formula is C15H21NO3. The van der Waals surface area contributed by atoms with Crippen molar-refractivity contribution >= 4 is 5.91 Å². The number of hydrogen-bond acceptors (Lipinski definition) is 3. The molecule has 0 aromatic heterocycles. The third-order valence-electron chi connectivity index (χ3n) is 3.63. The number of carbonyl (C=O) groups excluding carboxylic acids is 1. The zero-order chi connectivity index (χ0) is 13.7. The van der Waals surface area contributed by atoms with Crippen molar-refractivity contribution in [2.24, 2.45) is 0 Å². The Morgan fingerprint density at radius 3 is 2.63 bits per heavy atom. The Morgan fingerprint density at radius 2 is 2.11 bits per heavy atom. The van der Waals surface area contributed by atoms with E-state index in [1.165, 1.54) is 0 Å². The van der Waals surface area contributed by atoms with E-state index in [0.717, 1.165) is 18.6 Å². The molecule has 1 aromatic rings. The highest BCUT2D eigenvalue weighted by Crippen LogP contribution is 2.31. The van der Waals surface area contributed by atoms with Gasteiger partial charge in [-0.1, -0.05) is 25.1 Å². The van der Waals surface area contributed by atoms with Crippen molar-refractivity contribution < 1.29 is 14.6 Å². The minimum Gasteiger partial charge on any atom is -0.491 e. The van der Waals surface area contributed by atoms with E-state index in [1.54, 1.807) is 0 Å². The summed E-state index contributed by atoms with van der Waals surface area (Å²) in [6.07, 6.45) is 2.82. The predicted molar refractivity (Wildman–Crippen MR) is 73.0 cm³/mol. The lowest BCUT2D eigenvalue weighted by Gasteiger charge is -2.36. The van der Waals surface area contributed by atoms with Crippen molar-refractivity contribution in [2.75, 3.05) is 6.61 Å². The molecule has 0 saturated heterocycles. The largest absolute Gasteiger partial charge is 0.491 e. The Bertz CT molecular complexity index is 415. The average molecular weight is 263 g/mol. The Kier molecular flexibility index (Phi) is 4.43. The predicted octanol–water partition coefficient (Wildman–Crippen LogP) is 1.88. The van der Waals surface area contributed by atoms with Crippen LogP contribution >= 0.6 is 0 Å². The Balaban J connectivity index is 1.81. The van der Waals surface area contributed by atoms with Gasteiger partial charge in [0.25, 0.3) is 5.91 Å². The fourth-order valence-corrected chi connectivity index (χ4v) is 2.03. The number of aliphatic hydroxyl groups is 1. The molecule has 1 aliphatic rings. The quantitative estimate of drug-likeness (QED) is 0.824. The molecule has 1 atom stereocenters. The Labute approximate surface area is 113 Å². The van der Waals surface area contributed by atoms with Crippen molar-refractivity contribution in [3.8, 4) is 5.75 Å². The molecule has 0 heterocycles. The molecule has 0 aliphatic heterocycles. The van der Waals surface area contributed by atoms with Crippen molar-refractivity contribution in [3.63, 3.8) is 0 Å². The molecule has 1 saturated carbocycles. The van der Waals surface area contributed by atoms with Crippen LogP contribution in [-0.2, 0) is 4.79 Å². The molecule has 0 unspecified atom stereocenters. The molecule has 19 heavy (non-hydrogen) atoms. The fourth-order valence-electron chi connectivity index (χ4n) is 2.03. The molecule has 2 N–H and O–H groups in total. The normalized spacial score (nSPS) is 18.2. The molecule has 1 aliphatic carbocycles. The molecule has 0 radical (unpaired) electrons. The minimum absolute atomic E-state index is 0.0719. The highest BCUT2D eigenvalue weighted by atomic mass is 16.5. The van der Waals surface area contributed by atoms with Gasteiger partial charge in [0.15, 0.2) is 0 Å². The summed E-state index contributed by atoms with van der Waals surface area (Å²) in [6.45, 7) is 2.41. The smallest absolute Gasteiger partial charge is 0.252 e. The van der Waals surface area contributed by atoms with E-state index in [0.29, 0.717) is 19.4 Å². The first-order valence-corrected chi connectivity index (χ1v) is 6.85. The van der Waals surface area contributed by atoms with Crippen LogP contribution in [-0.4, -0.2) is 29.3 Å². The van der Waals surface area contributed by atoms with Crippen LogP contribution in [0.4, 0.5) is 0 Å². The van der Waals surface area contributed by atoms with Crippen LogP contribution in [0.2, 0.25) is 0 Å². The van der Waals surface area contributed by atoms with E-state index in [-0.39, 0.29) is 11.9 Å². The van der Waals surface area contributed by atoms with E-state index < -0.39 is 5.60 Å². The topological polar surface area (TPSA) is 58.6 Å². The molecular weight excluding hydrogens is 242 g/mol. The van der Waals surface area contributed by atoms with Gasteiger partial charge < -0.3 is 15.2 Å². The second-order valence-electron chi connectivity index (χ2n) is 5.09. The van der Waals surface area contributed by atoms with Gasteiger partial charge in [0.05, 0.1) is 6.04 Å². The highest BCUT2D eigenvalue weighted by molar-refractivity contribution is 5.86. The Hall–Kier alpha value is -1.55. The highest BCUT2D eigenvalue weighted by Gasteiger charge is 2.42. The number of hydrogen-bond donors (Lipinski definition) is 2. The number of para-hydroxylation sites is 1. The monoisotopic (exact) mass is 263 g/mol. The summed E-state index contributed by atoms with van der Waals surface area (Å²) >= 11 is 0. The summed E-state index contributed by atoms with van der Waals surface area (Å²) in [5.41, 5.74) is -1.14. The third-order valence-corrected chi connectivity index (χ3v) is 3.63. The van der Waals surface area contributed by atoms with Gasteiger partial charge in [0.1, 0.15) is 18.0 Å². The van der Waals surface area contributed by atoms with E-state index in [2.05, 4.69) is 5.32 Å². The fraction of sp³-hybridized carbons (Fsp3) is 0.533. The summed E-state index contributed by atoms with van der Waals surface area (Å²) in [5.74, 6) is 0.528. The molecule has 1 fully saturated rings. The molecule has 4 heteroatoms. The van der Waals surface area contributed by atoms with Crippen LogP contribution < -0.4 is 10.1 Å². The SMILES string of the molecule is CC[C@H](COc1ccccc1)NC(=O)C1(O)CCC1. The maximum absolute atomic E-state index is 11.9. The lowest BCUT2D eigenvalue weighted by molar-refractivity contribution is -0.149.